The third-order valence-electron chi connectivity index (χ3n) is 6.06. The first-order valence-electron chi connectivity index (χ1n) is 11.1. The van der Waals surface area contributed by atoms with Gasteiger partial charge in [0.1, 0.15) is 23.1 Å². The fourth-order valence-electron chi connectivity index (χ4n) is 4.20. The van der Waals surface area contributed by atoms with Gasteiger partial charge in [-0.1, -0.05) is 24.3 Å². The van der Waals surface area contributed by atoms with Crippen LogP contribution in [0, 0.1) is 5.82 Å². The monoisotopic (exact) mass is 483 g/mol. The molecule has 0 radical (unpaired) electrons. The lowest BCUT2D eigenvalue weighted by molar-refractivity contribution is -0.137. The molecule has 2 aliphatic heterocycles. The van der Waals surface area contributed by atoms with E-state index in [4.69, 9.17) is 4.74 Å². The number of carbonyl (C=O) groups excluding carboxylic acids is 1. The molecule has 0 spiro atoms. The first kappa shape index (κ1) is 22.9. The average Bonchev–Trinajstić information content (AvgIpc) is 3.01. The topological polar surface area (TPSA) is 45.1 Å². The quantitative estimate of drug-likeness (QED) is 0.458. The number of fused-ring (bicyclic) bond motifs is 2. The Kier molecular flexibility index (Phi) is 5.92. The molecule has 9 heteroatoms. The minimum Gasteiger partial charge on any atom is -0.454 e. The van der Waals surface area contributed by atoms with Gasteiger partial charge in [0.25, 0.3) is 0 Å². The number of hydrogen-bond donors (Lipinski definition) is 0. The summed E-state index contributed by atoms with van der Waals surface area (Å²) in [4.78, 5) is 21.0. The van der Waals surface area contributed by atoms with Crippen LogP contribution in [0.5, 0.6) is 11.5 Å². The van der Waals surface area contributed by atoms with E-state index in [0.29, 0.717) is 43.3 Å². The number of amides is 1. The van der Waals surface area contributed by atoms with Gasteiger partial charge >= 0.3 is 6.18 Å². The zero-order chi connectivity index (χ0) is 24.6. The molecular formula is C26H21F4N3O2. The van der Waals surface area contributed by atoms with E-state index in [1.165, 1.54) is 18.2 Å². The van der Waals surface area contributed by atoms with Crippen molar-refractivity contribution < 1.29 is 27.1 Å². The Morgan fingerprint density at radius 3 is 2.34 bits per heavy atom. The van der Waals surface area contributed by atoms with Crippen LogP contribution in [0.25, 0.3) is 0 Å². The predicted octanol–water partition coefficient (Wildman–Crippen LogP) is 5.42. The van der Waals surface area contributed by atoms with Crippen molar-refractivity contribution in [2.24, 2.45) is 4.99 Å². The van der Waals surface area contributed by atoms with Crippen molar-refractivity contribution in [2.45, 2.75) is 12.6 Å². The lowest BCUT2D eigenvalue weighted by Gasteiger charge is -2.36. The van der Waals surface area contributed by atoms with Gasteiger partial charge < -0.3 is 14.5 Å². The summed E-state index contributed by atoms with van der Waals surface area (Å²) in [6.07, 6.45) is -4.33. The Balaban J connectivity index is 1.38. The third-order valence-corrected chi connectivity index (χ3v) is 6.06. The smallest absolute Gasteiger partial charge is 0.416 e. The molecule has 0 unspecified atom stereocenters. The molecule has 2 heterocycles. The number of nitrogens with zero attached hydrogens (tertiary/aromatic N) is 3. The van der Waals surface area contributed by atoms with Crippen LogP contribution < -0.4 is 4.74 Å². The number of ether oxygens (including phenoxy) is 1. The number of aliphatic imine (C=N–C) groups is 1. The molecule has 1 fully saturated rings. The SMILES string of the molecule is O=C(Cc1ccc(F)cc1)N1CCN(C2=Nc3cc(C(F)(F)F)ccc3Oc3ccccc32)CC1. The van der Waals surface area contributed by atoms with Crippen molar-refractivity contribution in [3.63, 3.8) is 0 Å². The molecule has 0 aromatic heterocycles. The first-order valence-corrected chi connectivity index (χ1v) is 11.1. The Morgan fingerprint density at radius 2 is 1.63 bits per heavy atom. The molecule has 180 valence electrons. The number of hydrogen-bond acceptors (Lipinski definition) is 4. The first-order chi connectivity index (χ1) is 16.8. The zero-order valence-electron chi connectivity index (χ0n) is 18.6. The second-order valence-corrected chi connectivity index (χ2v) is 8.38. The van der Waals surface area contributed by atoms with E-state index in [0.717, 1.165) is 17.7 Å². The molecule has 1 saturated heterocycles. The molecule has 35 heavy (non-hydrogen) atoms. The van der Waals surface area contributed by atoms with Crippen LogP contribution in [0.15, 0.2) is 71.7 Å². The van der Waals surface area contributed by atoms with Gasteiger partial charge in [0, 0.05) is 26.2 Å². The van der Waals surface area contributed by atoms with E-state index in [-0.39, 0.29) is 29.6 Å². The molecule has 0 aliphatic carbocycles. The molecular weight excluding hydrogens is 462 g/mol. The number of piperazine rings is 1. The third kappa shape index (κ3) is 4.84. The van der Waals surface area contributed by atoms with Gasteiger partial charge in [0.2, 0.25) is 5.91 Å². The number of benzene rings is 3. The van der Waals surface area contributed by atoms with E-state index < -0.39 is 11.7 Å². The number of carbonyl (C=O) groups is 1. The Labute approximate surface area is 199 Å². The molecule has 3 aromatic rings. The van der Waals surface area contributed by atoms with E-state index in [9.17, 15) is 22.4 Å². The molecule has 5 nitrogen and oxygen atoms in total. The van der Waals surface area contributed by atoms with Crippen molar-refractivity contribution in [2.75, 3.05) is 26.2 Å². The lowest BCUT2D eigenvalue weighted by Crippen LogP contribution is -2.51. The fourth-order valence-corrected chi connectivity index (χ4v) is 4.20. The van der Waals surface area contributed by atoms with Gasteiger partial charge in [0.05, 0.1) is 17.5 Å². The van der Waals surface area contributed by atoms with Crippen LogP contribution in [0.3, 0.4) is 0 Å². The summed E-state index contributed by atoms with van der Waals surface area (Å²) in [5.74, 6) is 0.826. The fraction of sp³-hybridized carbons (Fsp3) is 0.231. The highest BCUT2D eigenvalue weighted by molar-refractivity contribution is 6.04. The minimum atomic E-state index is -4.50. The highest BCUT2D eigenvalue weighted by Crippen LogP contribution is 2.41. The van der Waals surface area contributed by atoms with Crippen molar-refractivity contribution in [1.29, 1.82) is 0 Å². The number of alkyl halides is 3. The van der Waals surface area contributed by atoms with Crippen LogP contribution in [0.1, 0.15) is 16.7 Å². The van der Waals surface area contributed by atoms with E-state index in [1.54, 1.807) is 29.2 Å². The van der Waals surface area contributed by atoms with Gasteiger partial charge in [-0.2, -0.15) is 13.2 Å². The largest absolute Gasteiger partial charge is 0.454 e. The maximum Gasteiger partial charge on any atom is 0.416 e. The van der Waals surface area contributed by atoms with Crippen molar-refractivity contribution in [3.8, 4) is 11.5 Å². The minimum absolute atomic E-state index is 0.0667. The van der Waals surface area contributed by atoms with E-state index in [2.05, 4.69) is 4.99 Å². The molecule has 0 bridgehead atoms. The van der Waals surface area contributed by atoms with Crippen LogP contribution in [-0.2, 0) is 17.4 Å². The van der Waals surface area contributed by atoms with E-state index >= 15 is 0 Å². The van der Waals surface area contributed by atoms with Crippen molar-refractivity contribution >= 4 is 17.4 Å². The summed E-state index contributed by atoms with van der Waals surface area (Å²) in [6, 6.07) is 16.3. The second-order valence-electron chi connectivity index (χ2n) is 8.38. The summed E-state index contributed by atoms with van der Waals surface area (Å²) < 4.78 is 59.0. The van der Waals surface area contributed by atoms with Gasteiger partial charge in [0.15, 0.2) is 5.75 Å². The summed E-state index contributed by atoms with van der Waals surface area (Å²) in [6.45, 7) is 1.77. The van der Waals surface area contributed by atoms with Crippen LogP contribution >= 0.6 is 0 Å². The van der Waals surface area contributed by atoms with Crippen molar-refractivity contribution in [1.82, 2.24) is 9.80 Å². The van der Waals surface area contributed by atoms with Gasteiger partial charge in [-0.25, -0.2) is 9.38 Å². The Morgan fingerprint density at radius 1 is 0.914 bits per heavy atom. The highest BCUT2D eigenvalue weighted by Gasteiger charge is 2.33. The highest BCUT2D eigenvalue weighted by atomic mass is 19.4. The summed E-state index contributed by atoms with van der Waals surface area (Å²) >= 11 is 0. The molecule has 0 N–H and O–H groups in total. The van der Waals surface area contributed by atoms with Gasteiger partial charge in [-0.3, -0.25) is 4.79 Å². The Bertz CT molecular complexity index is 1280. The summed E-state index contributed by atoms with van der Waals surface area (Å²) in [7, 11) is 0. The molecule has 5 rings (SSSR count). The lowest BCUT2D eigenvalue weighted by atomic mass is 10.1. The normalized spacial score (nSPS) is 15.5. The standard InChI is InChI=1S/C26H21F4N3O2/c27-19-8-5-17(6-9-19)15-24(34)32-11-13-33(14-12-32)25-20-3-1-2-4-22(20)35-23-10-7-18(26(28,29)30)16-21(23)31-25/h1-10,16H,11-15H2. The van der Waals surface area contributed by atoms with Crippen molar-refractivity contribution in [3.05, 3.63) is 89.2 Å². The predicted molar refractivity (Wildman–Crippen MR) is 122 cm³/mol. The maximum absolute atomic E-state index is 13.3. The average molecular weight is 483 g/mol. The summed E-state index contributed by atoms with van der Waals surface area (Å²) in [5.41, 5.74) is 0.699. The number of rotatable bonds is 2. The van der Waals surface area contributed by atoms with Gasteiger partial charge in [-0.05, 0) is 48.0 Å². The molecule has 1 amide bonds. The molecule has 0 saturated carbocycles. The maximum atomic E-state index is 13.3. The summed E-state index contributed by atoms with van der Waals surface area (Å²) in [5, 5.41) is 0. The number of halogens is 4. The molecule has 2 aliphatic rings. The molecule has 3 aromatic carbocycles. The zero-order valence-corrected chi connectivity index (χ0v) is 18.6. The van der Waals surface area contributed by atoms with Crippen LogP contribution in [-0.4, -0.2) is 47.7 Å². The van der Waals surface area contributed by atoms with Gasteiger partial charge in [-0.15, -0.1) is 0 Å². The number of para-hydroxylation sites is 1. The Hall–Kier alpha value is -3.88. The van der Waals surface area contributed by atoms with Crippen LogP contribution in [0.4, 0.5) is 23.2 Å². The van der Waals surface area contributed by atoms with E-state index in [1.807, 2.05) is 17.0 Å². The molecule has 0 atom stereocenters. The second kappa shape index (κ2) is 9.05. The van der Waals surface area contributed by atoms with Crippen LogP contribution in [0.2, 0.25) is 0 Å². The number of amidine groups is 1.